The second kappa shape index (κ2) is 6.40. The number of nitrogens with one attached hydrogen (secondary N) is 2. The highest BCUT2D eigenvalue weighted by Gasteiger charge is 2.34. The third-order valence-corrected chi connectivity index (χ3v) is 5.52. The second-order valence-corrected chi connectivity index (χ2v) is 7.05. The molecule has 5 rings (SSSR count). The van der Waals surface area contributed by atoms with E-state index in [0.717, 1.165) is 16.7 Å². The van der Waals surface area contributed by atoms with Crippen molar-refractivity contribution in [3.63, 3.8) is 0 Å². The van der Waals surface area contributed by atoms with E-state index >= 15 is 0 Å². The molecule has 2 aromatic carbocycles. The first-order valence-corrected chi connectivity index (χ1v) is 9.28. The van der Waals surface area contributed by atoms with E-state index in [1.807, 2.05) is 59.5 Å². The molecule has 0 unspecified atom stereocenters. The quantitative estimate of drug-likeness (QED) is 0.510. The van der Waals surface area contributed by atoms with Gasteiger partial charge in [0.25, 0.3) is 5.56 Å². The average Bonchev–Trinajstić information content (AvgIpc) is 3.32. The molecule has 0 aliphatic carbocycles. The molecule has 1 aliphatic rings. The van der Waals surface area contributed by atoms with Crippen molar-refractivity contribution >= 4 is 39.9 Å². The zero-order valence-corrected chi connectivity index (χ0v) is 15.2. The summed E-state index contributed by atoms with van der Waals surface area (Å²) < 4.78 is 0. The summed E-state index contributed by atoms with van der Waals surface area (Å²) in [5.74, 6) is 0.954. The van der Waals surface area contributed by atoms with Gasteiger partial charge in [0.15, 0.2) is 11.6 Å². The molecular weight excluding hydrogens is 372 g/mol. The van der Waals surface area contributed by atoms with Gasteiger partial charge in [-0.3, -0.25) is 9.69 Å². The second-order valence-electron chi connectivity index (χ2n) is 6.05. The summed E-state index contributed by atoms with van der Waals surface area (Å²) in [5.41, 5.74) is 2.53. The molecule has 2 N–H and O–H groups in total. The first kappa shape index (κ1) is 16.4. The number of rotatable bonds is 2. The first-order chi connectivity index (χ1) is 13.8. The molecular formula is C20H12N6OS. The lowest BCUT2D eigenvalue weighted by Gasteiger charge is -2.20. The highest BCUT2D eigenvalue weighted by atomic mass is 32.2. The minimum atomic E-state index is -0.243. The molecule has 0 spiro atoms. The number of benzene rings is 2. The van der Waals surface area contributed by atoms with E-state index in [4.69, 9.17) is 0 Å². The number of anilines is 2. The third-order valence-electron chi connectivity index (χ3n) is 4.37. The lowest BCUT2D eigenvalue weighted by Crippen LogP contribution is -2.15. The molecule has 3 heterocycles. The van der Waals surface area contributed by atoms with Crippen LogP contribution in [0.4, 0.5) is 11.5 Å². The van der Waals surface area contributed by atoms with Crippen LogP contribution in [0, 0.1) is 11.3 Å². The molecule has 4 aromatic rings. The van der Waals surface area contributed by atoms with Crippen molar-refractivity contribution in [1.82, 2.24) is 19.9 Å². The van der Waals surface area contributed by atoms with Crippen molar-refractivity contribution in [2.45, 2.75) is 4.90 Å². The van der Waals surface area contributed by atoms with Crippen molar-refractivity contribution in [3.8, 4) is 6.07 Å². The van der Waals surface area contributed by atoms with Gasteiger partial charge in [-0.2, -0.15) is 5.26 Å². The van der Waals surface area contributed by atoms with Crippen LogP contribution in [-0.4, -0.2) is 19.9 Å². The summed E-state index contributed by atoms with van der Waals surface area (Å²) in [6.45, 7) is 0. The van der Waals surface area contributed by atoms with Gasteiger partial charge >= 0.3 is 0 Å². The van der Waals surface area contributed by atoms with Gasteiger partial charge in [0.1, 0.15) is 21.6 Å². The molecule has 0 fully saturated rings. The van der Waals surface area contributed by atoms with Gasteiger partial charge in [-0.25, -0.2) is 9.97 Å². The Labute approximate surface area is 163 Å². The molecule has 8 heteroatoms. The number of nitrogens with zero attached hydrogens (tertiary/aromatic N) is 4. The van der Waals surface area contributed by atoms with Gasteiger partial charge in [-0.05, 0) is 24.3 Å². The standard InChI is InChI=1S/C20H12N6OS/c21-10-13(17-24-14-8-4-5-9-15(14)25-17)20-26(12-6-2-1-3-7-12)18-16(28-20)19(27)23-11-22-18/h1-9,11H,(H,24,25)(H,22,23,27)/b20-13-. The van der Waals surface area contributed by atoms with Crippen LogP contribution >= 0.6 is 11.8 Å². The fourth-order valence-electron chi connectivity index (χ4n) is 3.12. The fourth-order valence-corrected chi connectivity index (χ4v) is 4.23. The third kappa shape index (κ3) is 2.49. The number of aromatic amines is 2. The Bertz CT molecular complexity index is 1300. The maximum absolute atomic E-state index is 12.3. The molecule has 0 saturated heterocycles. The molecule has 0 saturated carbocycles. The summed E-state index contributed by atoms with van der Waals surface area (Å²) in [6, 6.07) is 19.4. The fraction of sp³-hybridized carbons (Fsp3) is 0. The zero-order valence-electron chi connectivity index (χ0n) is 14.4. The molecule has 2 aromatic heterocycles. The van der Waals surface area contributed by atoms with Gasteiger partial charge in [0.05, 0.1) is 17.4 Å². The predicted octanol–water partition coefficient (Wildman–Crippen LogP) is 3.78. The van der Waals surface area contributed by atoms with E-state index < -0.39 is 0 Å². The van der Waals surface area contributed by atoms with Gasteiger partial charge in [0.2, 0.25) is 0 Å². The summed E-state index contributed by atoms with van der Waals surface area (Å²) in [7, 11) is 0. The van der Waals surface area contributed by atoms with E-state index in [1.165, 1.54) is 18.1 Å². The van der Waals surface area contributed by atoms with Crippen LogP contribution in [0.2, 0.25) is 0 Å². The first-order valence-electron chi connectivity index (χ1n) is 8.46. The maximum atomic E-state index is 12.3. The Morgan fingerprint density at radius 2 is 1.89 bits per heavy atom. The number of aromatic nitrogens is 4. The lowest BCUT2D eigenvalue weighted by molar-refractivity contribution is 1.02. The highest BCUT2D eigenvalue weighted by Crippen LogP contribution is 2.49. The molecule has 1 aliphatic heterocycles. The SMILES string of the molecule is N#C/C(=C1/Sc2c(nc[nH]c2=O)N1c1ccccc1)c1nc2ccccc2[nH]1. The Kier molecular flexibility index (Phi) is 3.74. The molecule has 28 heavy (non-hydrogen) atoms. The van der Waals surface area contributed by atoms with Crippen LogP contribution in [0.15, 0.2) is 75.6 Å². The van der Waals surface area contributed by atoms with Crippen LogP contribution in [0.25, 0.3) is 16.6 Å². The van der Waals surface area contributed by atoms with Crippen molar-refractivity contribution in [1.29, 1.82) is 5.26 Å². The van der Waals surface area contributed by atoms with Crippen molar-refractivity contribution < 1.29 is 0 Å². The number of H-pyrrole nitrogens is 2. The Balaban J connectivity index is 1.77. The minimum absolute atomic E-state index is 0.243. The number of hydrogen-bond acceptors (Lipinski definition) is 6. The van der Waals surface area contributed by atoms with E-state index in [2.05, 4.69) is 26.0 Å². The molecule has 0 bridgehead atoms. The number of para-hydroxylation sites is 3. The number of imidazole rings is 1. The predicted molar refractivity (Wildman–Crippen MR) is 108 cm³/mol. The van der Waals surface area contributed by atoms with Crippen molar-refractivity contribution in [3.05, 3.63) is 82.1 Å². The Morgan fingerprint density at radius 3 is 2.68 bits per heavy atom. The van der Waals surface area contributed by atoms with Gasteiger partial charge in [-0.15, -0.1) is 0 Å². The number of nitriles is 1. The normalized spacial score (nSPS) is 14.8. The largest absolute Gasteiger partial charge is 0.337 e. The van der Waals surface area contributed by atoms with E-state index in [1.54, 1.807) is 0 Å². The summed E-state index contributed by atoms with van der Waals surface area (Å²) >= 11 is 1.22. The summed E-state index contributed by atoms with van der Waals surface area (Å²) in [5, 5.41) is 10.6. The van der Waals surface area contributed by atoms with Crippen molar-refractivity contribution in [2.24, 2.45) is 0 Å². The Hall–Kier alpha value is -3.83. The Morgan fingerprint density at radius 1 is 1.11 bits per heavy atom. The molecule has 0 atom stereocenters. The van der Waals surface area contributed by atoms with Crippen molar-refractivity contribution in [2.75, 3.05) is 4.90 Å². The number of allylic oxidation sites excluding steroid dienone is 1. The monoisotopic (exact) mass is 384 g/mol. The topological polar surface area (TPSA) is 101 Å². The lowest BCUT2D eigenvalue weighted by atomic mass is 10.2. The summed E-state index contributed by atoms with van der Waals surface area (Å²) in [4.78, 5) is 29.3. The average molecular weight is 384 g/mol. The molecule has 134 valence electrons. The zero-order chi connectivity index (χ0) is 19.1. The van der Waals surface area contributed by atoms with E-state index in [0.29, 0.717) is 27.1 Å². The van der Waals surface area contributed by atoms with Crippen LogP contribution in [0.5, 0.6) is 0 Å². The number of fused-ring (bicyclic) bond motifs is 2. The van der Waals surface area contributed by atoms with Gasteiger partial charge < -0.3 is 9.97 Å². The van der Waals surface area contributed by atoms with E-state index in [9.17, 15) is 10.1 Å². The van der Waals surface area contributed by atoms with Crippen LogP contribution in [0.1, 0.15) is 5.82 Å². The minimum Gasteiger partial charge on any atom is -0.337 e. The van der Waals surface area contributed by atoms with Crippen LogP contribution in [-0.2, 0) is 0 Å². The highest BCUT2D eigenvalue weighted by molar-refractivity contribution is 8.04. The number of hydrogen-bond donors (Lipinski definition) is 2. The van der Waals surface area contributed by atoms with Crippen LogP contribution < -0.4 is 10.5 Å². The number of thioether (sulfide) groups is 1. The molecule has 7 nitrogen and oxygen atoms in total. The van der Waals surface area contributed by atoms with Gasteiger partial charge in [-0.1, -0.05) is 42.1 Å². The molecule has 0 amide bonds. The van der Waals surface area contributed by atoms with Gasteiger partial charge in [0, 0.05) is 5.69 Å². The maximum Gasteiger partial charge on any atom is 0.267 e. The molecule has 0 radical (unpaired) electrons. The van der Waals surface area contributed by atoms with E-state index in [-0.39, 0.29) is 5.56 Å². The summed E-state index contributed by atoms with van der Waals surface area (Å²) in [6.07, 6.45) is 1.37. The smallest absolute Gasteiger partial charge is 0.267 e. The van der Waals surface area contributed by atoms with Crippen LogP contribution in [0.3, 0.4) is 0 Å².